The number of fused-ring (bicyclic) bond motifs is 3. The SMILES string of the molecule is O=C1C2=C(NC(c3cccc([N+](=O)[O-])c3)C3(C(=O)c4ccccc4C3=O)C2c2cccc([N+](=O)[O-])c2)c2ccccc21. The molecule has 0 radical (unpaired) electrons. The van der Waals surface area contributed by atoms with Crippen LogP contribution in [0, 0.1) is 25.6 Å². The van der Waals surface area contributed by atoms with Gasteiger partial charge in [-0.3, -0.25) is 34.6 Å². The number of rotatable bonds is 4. The molecule has 2 aliphatic carbocycles. The predicted molar refractivity (Wildman–Crippen MR) is 150 cm³/mol. The van der Waals surface area contributed by atoms with Crippen LogP contribution in [0.15, 0.2) is 103 Å². The molecule has 1 spiro atoms. The van der Waals surface area contributed by atoms with Gasteiger partial charge in [0, 0.05) is 58.0 Å². The molecule has 10 nitrogen and oxygen atoms in total. The smallest absolute Gasteiger partial charge is 0.269 e. The van der Waals surface area contributed by atoms with Crippen molar-refractivity contribution in [3.05, 3.63) is 156 Å². The Morgan fingerprint density at radius 2 is 1.12 bits per heavy atom. The number of nitrogens with zero attached hydrogens (tertiary/aromatic N) is 2. The minimum Gasteiger partial charge on any atom is -0.376 e. The van der Waals surface area contributed by atoms with Gasteiger partial charge >= 0.3 is 0 Å². The fourth-order valence-electron chi connectivity index (χ4n) is 6.75. The highest BCUT2D eigenvalue weighted by molar-refractivity contribution is 6.33. The Morgan fingerprint density at radius 1 is 0.619 bits per heavy atom. The second-order valence-electron chi connectivity index (χ2n) is 10.5. The molecule has 0 amide bonds. The Kier molecular flexibility index (Phi) is 5.32. The highest BCUT2D eigenvalue weighted by Gasteiger charge is 2.67. The number of hydrogen-bond donors (Lipinski definition) is 1. The summed E-state index contributed by atoms with van der Waals surface area (Å²) in [5.74, 6) is -2.79. The fraction of sp³-hybridized carbons (Fsp3) is 0.0938. The van der Waals surface area contributed by atoms with Crippen molar-refractivity contribution in [1.29, 1.82) is 0 Å². The van der Waals surface area contributed by atoms with Crippen LogP contribution in [0.3, 0.4) is 0 Å². The molecule has 10 heteroatoms. The van der Waals surface area contributed by atoms with E-state index < -0.39 is 44.6 Å². The van der Waals surface area contributed by atoms with E-state index in [1.807, 2.05) is 0 Å². The monoisotopic (exact) mass is 557 g/mol. The van der Waals surface area contributed by atoms with Crippen LogP contribution in [0.1, 0.15) is 59.7 Å². The van der Waals surface area contributed by atoms with Crippen LogP contribution in [0.2, 0.25) is 0 Å². The van der Waals surface area contributed by atoms with Crippen LogP contribution in [0.25, 0.3) is 5.70 Å². The summed E-state index contributed by atoms with van der Waals surface area (Å²) in [5.41, 5.74) is -0.262. The van der Waals surface area contributed by atoms with Gasteiger partial charge in [-0.1, -0.05) is 72.8 Å². The van der Waals surface area contributed by atoms with Gasteiger partial charge in [-0.05, 0) is 11.1 Å². The first-order chi connectivity index (χ1) is 20.2. The lowest BCUT2D eigenvalue weighted by atomic mass is 9.58. The minimum absolute atomic E-state index is 0.146. The lowest BCUT2D eigenvalue weighted by Crippen LogP contribution is -2.53. The standard InChI is InChI=1S/C32H19N3O7/c36-28-22-12-2-1-11-21(22)27-25(28)26(17-7-5-9-19(15-17)34(39)40)32(30(37)23-13-3-4-14-24(23)31(32)38)29(33-27)18-8-6-10-20(16-18)35(41)42/h1-16,26,29,33H. The molecule has 0 fully saturated rings. The van der Waals surface area contributed by atoms with Crippen molar-refractivity contribution in [3.63, 3.8) is 0 Å². The summed E-state index contributed by atoms with van der Waals surface area (Å²) in [6.07, 6.45) is 0. The molecule has 3 aliphatic rings. The van der Waals surface area contributed by atoms with Crippen LogP contribution in [-0.2, 0) is 0 Å². The normalized spacial score (nSPS) is 19.8. The van der Waals surface area contributed by atoms with Gasteiger partial charge in [0.15, 0.2) is 17.3 Å². The van der Waals surface area contributed by atoms with E-state index in [9.17, 15) is 34.6 Å². The fourth-order valence-corrected chi connectivity index (χ4v) is 6.75. The average Bonchev–Trinajstić information content (AvgIpc) is 3.41. The van der Waals surface area contributed by atoms with E-state index in [2.05, 4.69) is 5.32 Å². The van der Waals surface area contributed by atoms with Crippen molar-refractivity contribution in [3.8, 4) is 0 Å². The van der Waals surface area contributed by atoms with Crippen molar-refractivity contribution >= 4 is 34.4 Å². The van der Waals surface area contributed by atoms with Crippen LogP contribution >= 0.6 is 0 Å². The molecular weight excluding hydrogens is 538 g/mol. The molecule has 0 saturated heterocycles. The largest absolute Gasteiger partial charge is 0.376 e. The first-order valence-corrected chi connectivity index (χ1v) is 13.1. The van der Waals surface area contributed by atoms with E-state index in [1.54, 1.807) is 48.5 Å². The highest BCUT2D eigenvalue weighted by Crippen LogP contribution is 2.62. The van der Waals surface area contributed by atoms with Gasteiger partial charge in [0.25, 0.3) is 11.4 Å². The van der Waals surface area contributed by atoms with Gasteiger partial charge in [-0.2, -0.15) is 0 Å². The first kappa shape index (κ1) is 25.2. The van der Waals surface area contributed by atoms with E-state index >= 15 is 0 Å². The summed E-state index contributed by atoms with van der Waals surface area (Å²) in [5, 5.41) is 26.9. The van der Waals surface area contributed by atoms with E-state index in [0.717, 1.165) is 0 Å². The molecule has 42 heavy (non-hydrogen) atoms. The number of ketones is 3. The topological polar surface area (TPSA) is 150 Å². The Bertz CT molecular complexity index is 1930. The number of non-ortho nitro benzene ring substituents is 2. The van der Waals surface area contributed by atoms with Gasteiger partial charge < -0.3 is 5.32 Å². The number of nitrogens with one attached hydrogen (secondary N) is 1. The third kappa shape index (κ3) is 3.23. The molecule has 0 saturated carbocycles. The molecule has 2 atom stereocenters. The van der Waals surface area contributed by atoms with Crippen molar-refractivity contribution in [1.82, 2.24) is 5.32 Å². The zero-order valence-corrected chi connectivity index (χ0v) is 21.6. The third-order valence-electron chi connectivity index (χ3n) is 8.44. The second kappa shape index (κ2) is 8.87. The molecule has 1 N–H and O–H groups in total. The number of Topliss-reactive ketones (excluding diaryl/α,β-unsaturated/α-hetero) is 3. The van der Waals surface area contributed by atoms with E-state index in [4.69, 9.17) is 0 Å². The summed E-state index contributed by atoms with van der Waals surface area (Å²) < 4.78 is 0. The van der Waals surface area contributed by atoms with Crippen molar-refractivity contribution in [2.75, 3.05) is 0 Å². The zero-order chi connectivity index (χ0) is 29.3. The molecule has 4 aromatic rings. The average molecular weight is 558 g/mol. The van der Waals surface area contributed by atoms with Crippen LogP contribution in [0.5, 0.6) is 0 Å². The molecule has 1 heterocycles. The number of nitro groups is 2. The lowest BCUT2D eigenvalue weighted by Gasteiger charge is -2.46. The molecule has 2 unspecified atom stereocenters. The van der Waals surface area contributed by atoms with Crippen LogP contribution in [0.4, 0.5) is 11.4 Å². The number of carbonyl (C=O) groups is 3. The lowest BCUT2D eigenvalue weighted by molar-refractivity contribution is -0.385. The van der Waals surface area contributed by atoms with Gasteiger partial charge in [0.1, 0.15) is 5.41 Å². The first-order valence-electron chi connectivity index (χ1n) is 13.1. The Hall–Kier alpha value is -5.77. The Labute approximate surface area is 237 Å². The number of allylic oxidation sites excluding steroid dienone is 1. The summed E-state index contributed by atoms with van der Waals surface area (Å²) in [4.78, 5) is 65.9. The summed E-state index contributed by atoms with van der Waals surface area (Å²) in [6.45, 7) is 0. The zero-order valence-electron chi connectivity index (χ0n) is 21.6. The molecule has 204 valence electrons. The van der Waals surface area contributed by atoms with Crippen molar-refractivity contribution in [2.24, 2.45) is 5.41 Å². The number of benzene rings is 4. The molecule has 4 aromatic carbocycles. The van der Waals surface area contributed by atoms with Gasteiger partial charge in [-0.25, -0.2) is 0 Å². The van der Waals surface area contributed by atoms with E-state index in [0.29, 0.717) is 16.8 Å². The maximum atomic E-state index is 14.7. The maximum Gasteiger partial charge on any atom is 0.269 e. The van der Waals surface area contributed by atoms with Crippen molar-refractivity contribution < 1.29 is 24.2 Å². The van der Waals surface area contributed by atoms with Gasteiger partial charge in [-0.15, -0.1) is 0 Å². The number of carbonyl (C=O) groups excluding carboxylic acids is 3. The molecule has 0 aromatic heterocycles. The second-order valence-corrected chi connectivity index (χ2v) is 10.5. The van der Waals surface area contributed by atoms with Crippen LogP contribution < -0.4 is 5.32 Å². The molecule has 0 bridgehead atoms. The van der Waals surface area contributed by atoms with Crippen molar-refractivity contribution in [2.45, 2.75) is 12.0 Å². The Balaban J connectivity index is 1.60. The number of nitro benzene ring substituents is 2. The summed E-state index contributed by atoms with van der Waals surface area (Å²) in [7, 11) is 0. The van der Waals surface area contributed by atoms with E-state index in [1.165, 1.54) is 48.5 Å². The highest BCUT2D eigenvalue weighted by atomic mass is 16.6. The van der Waals surface area contributed by atoms with E-state index in [-0.39, 0.29) is 39.2 Å². The maximum absolute atomic E-state index is 14.7. The number of hydrogen-bond acceptors (Lipinski definition) is 8. The minimum atomic E-state index is -2.02. The van der Waals surface area contributed by atoms with Gasteiger partial charge in [0.2, 0.25) is 0 Å². The van der Waals surface area contributed by atoms with Crippen LogP contribution in [-0.4, -0.2) is 27.2 Å². The Morgan fingerprint density at radius 3 is 1.69 bits per heavy atom. The molecule has 1 aliphatic heterocycles. The third-order valence-corrected chi connectivity index (χ3v) is 8.44. The predicted octanol–water partition coefficient (Wildman–Crippen LogP) is 5.60. The summed E-state index contributed by atoms with van der Waals surface area (Å²) >= 11 is 0. The molecule has 7 rings (SSSR count). The quantitative estimate of drug-likeness (QED) is 0.193. The van der Waals surface area contributed by atoms with Gasteiger partial charge in [0.05, 0.1) is 21.6 Å². The summed E-state index contributed by atoms with van der Waals surface area (Å²) in [6, 6.07) is 23.3. The molecular formula is C32H19N3O7.